The number of carboxylic acid groups (broad SMARTS) is 1. The first-order chi connectivity index (χ1) is 12.8. The number of non-ortho nitro benzene ring substituents is 1. The molecule has 12 heteroatoms. The number of carbonyl (C=O) groups is 2. The van der Waals surface area contributed by atoms with E-state index < -0.39 is 23.0 Å². The van der Waals surface area contributed by atoms with Crippen LogP contribution in [0.1, 0.15) is 24.3 Å². The number of carbonyl (C=O) groups excluding carboxylic acids is 1. The van der Waals surface area contributed by atoms with E-state index in [-0.39, 0.29) is 40.7 Å². The van der Waals surface area contributed by atoms with Crippen LogP contribution in [0.15, 0.2) is 12.1 Å². The molecule has 1 unspecified atom stereocenters. The second kappa shape index (κ2) is 8.12. The molecule has 0 bridgehead atoms. The second-order valence-electron chi connectivity index (χ2n) is 5.12. The number of hydrogen-bond acceptors (Lipinski definition) is 9. The predicted octanol–water partition coefficient (Wildman–Crippen LogP) is 1.42. The number of ether oxygens (including phenoxy) is 3. The minimum absolute atomic E-state index is 0.0500. The van der Waals surface area contributed by atoms with Crippen LogP contribution in [0.4, 0.5) is 5.69 Å². The number of aliphatic carboxylic acids is 1. The number of carboxylic acids is 1. The standard InChI is InChI=1S/C15H16N4O8/c1-4-26-15(22)12-11(16-18-17-12)9-5-8(19(23)24)6-10(25-3)13(9)27-7(2)14(20)21/h5-7H,4H2,1-3H3,(H,20,21)(H,16,17,18). The lowest BCUT2D eigenvalue weighted by molar-refractivity contribution is -0.384. The molecule has 1 aromatic carbocycles. The van der Waals surface area contributed by atoms with E-state index in [1.54, 1.807) is 6.92 Å². The van der Waals surface area contributed by atoms with Gasteiger partial charge in [0.25, 0.3) is 5.69 Å². The number of nitrogens with one attached hydrogen (secondary N) is 1. The van der Waals surface area contributed by atoms with Crippen LogP contribution < -0.4 is 9.47 Å². The maximum Gasteiger partial charge on any atom is 0.361 e. The van der Waals surface area contributed by atoms with Gasteiger partial charge in [0.05, 0.1) is 30.3 Å². The fourth-order valence-electron chi connectivity index (χ4n) is 2.13. The lowest BCUT2D eigenvalue weighted by Gasteiger charge is -2.17. The summed E-state index contributed by atoms with van der Waals surface area (Å²) in [5.41, 5.74) is -0.781. The van der Waals surface area contributed by atoms with Gasteiger partial charge in [-0.3, -0.25) is 10.1 Å². The summed E-state index contributed by atoms with van der Waals surface area (Å²) in [6.07, 6.45) is -1.31. The average Bonchev–Trinajstić information content (AvgIpc) is 3.11. The molecule has 0 aliphatic rings. The molecule has 0 saturated heterocycles. The Bertz CT molecular complexity index is 879. The highest BCUT2D eigenvalue weighted by Crippen LogP contribution is 2.42. The third-order valence-corrected chi connectivity index (χ3v) is 3.38. The molecule has 0 saturated carbocycles. The Labute approximate surface area is 152 Å². The molecule has 27 heavy (non-hydrogen) atoms. The number of methoxy groups -OCH3 is 1. The van der Waals surface area contributed by atoms with E-state index in [4.69, 9.17) is 19.3 Å². The smallest absolute Gasteiger partial charge is 0.361 e. The minimum atomic E-state index is -1.31. The van der Waals surface area contributed by atoms with Gasteiger partial charge in [-0.25, -0.2) is 9.59 Å². The summed E-state index contributed by atoms with van der Waals surface area (Å²) >= 11 is 0. The van der Waals surface area contributed by atoms with Gasteiger partial charge in [0.2, 0.25) is 0 Å². The Morgan fingerprint density at radius 1 is 1.37 bits per heavy atom. The van der Waals surface area contributed by atoms with Gasteiger partial charge in [0, 0.05) is 6.07 Å². The summed E-state index contributed by atoms with van der Waals surface area (Å²) in [6, 6.07) is 2.14. The van der Waals surface area contributed by atoms with Crippen LogP contribution in [0.3, 0.4) is 0 Å². The Morgan fingerprint density at radius 3 is 2.63 bits per heavy atom. The number of benzene rings is 1. The lowest BCUT2D eigenvalue weighted by atomic mass is 10.1. The summed E-state index contributed by atoms with van der Waals surface area (Å²) in [7, 11) is 1.23. The van der Waals surface area contributed by atoms with E-state index in [0.29, 0.717) is 0 Å². The molecule has 0 fully saturated rings. The molecule has 1 heterocycles. The summed E-state index contributed by atoms with van der Waals surface area (Å²) < 4.78 is 15.4. The minimum Gasteiger partial charge on any atom is -0.493 e. The van der Waals surface area contributed by atoms with E-state index in [2.05, 4.69) is 15.4 Å². The molecule has 0 aliphatic heterocycles. The number of aromatic amines is 1. The van der Waals surface area contributed by atoms with Gasteiger partial charge in [0.15, 0.2) is 23.3 Å². The summed E-state index contributed by atoms with van der Waals surface area (Å²) in [6.45, 7) is 2.93. The first-order valence-electron chi connectivity index (χ1n) is 7.64. The molecule has 0 amide bonds. The number of esters is 1. The fraction of sp³-hybridized carbons (Fsp3) is 0.333. The number of nitrogens with zero attached hydrogens (tertiary/aromatic N) is 3. The van der Waals surface area contributed by atoms with Crippen molar-refractivity contribution in [3.63, 3.8) is 0 Å². The molecule has 0 spiro atoms. The largest absolute Gasteiger partial charge is 0.493 e. The van der Waals surface area contributed by atoms with E-state index in [1.165, 1.54) is 14.0 Å². The second-order valence-corrected chi connectivity index (χ2v) is 5.12. The quantitative estimate of drug-likeness (QED) is 0.388. The molecular formula is C15H16N4O8. The Balaban J connectivity index is 2.71. The zero-order valence-corrected chi connectivity index (χ0v) is 14.6. The van der Waals surface area contributed by atoms with Crippen molar-refractivity contribution in [1.29, 1.82) is 0 Å². The van der Waals surface area contributed by atoms with Crippen molar-refractivity contribution >= 4 is 17.6 Å². The van der Waals surface area contributed by atoms with Crippen LogP contribution in [0.5, 0.6) is 11.5 Å². The summed E-state index contributed by atoms with van der Waals surface area (Å²) in [4.78, 5) is 33.8. The van der Waals surface area contributed by atoms with Crippen molar-refractivity contribution < 1.29 is 33.8 Å². The van der Waals surface area contributed by atoms with Gasteiger partial charge >= 0.3 is 11.9 Å². The average molecular weight is 380 g/mol. The molecule has 1 atom stereocenters. The molecule has 2 rings (SSSR count). The first kappa shape index (κ1) is 19.6. The molecule has 2 N–H and O–H groups in total. The van der Waals surface area contributed by atoms with Crippen molar-refractivity contribution in [2.24, 2.45) is 0 Å². The highest BCUT2D eigenvalue weighted by Gasteiger charge is 2.28. The van der Waals surface area contributed by atoms with Gasteiger partial charge in [-0.05, 0) is 13.8 Å². The van der Waals surface area contributed by atoms with Crippen LogP contribution in [0.25, 0.3) is 11.3 Å². The number of hydrogen-bond donors (Lipinski definition) is 2. The van der Waals surface area contributed by atoms with Crippen LogP contribution >= 0.6 is 0 Å². The van der Waals surface area contributed by atoms with Crippen LogP contribution in [0.2, 0.25) is 0 Å². The Morgan fingerprint density at radius 2 is 2.07 bits per heavy atom. The number of H-pyrrole nitrogens is 1. The van der Waals surface area contributed by atoms with Crippen molar-refractivity contribution in [2.45, 2.75) is 20.0 Å². The van der Waals surface area contributed by atoms with Gasteiger partial charge in [0.1, 0.15) is 5.69 Å². The Kier molecular flexibility index (Phi) is 5.90. The molecule has 12 nitrogen and oxygen atoms in total. The molecule has 144 valence electrons. The van der Waals surface area contributed by atoms with Crippen molar-refractivity contribution in [2.75, 3.05) is 13.7 Å². The Hall–Kier alpha value is -3.70. The highest BCUT2D eigenvalue weighted by molar-refractivity contribution is 5.95. The summed E-state index contributed by atoms with van der Waals surface area (Å²) in [5.74, 6) is -2.33. The fourth-order valence-corrected chi connectivity index (χ4v) is 2.13. The maximum absolute atomic E-state index is 12.1. The third-order valence-electron chi connectivity index (χ3n) is 3.38. The molecule has 0 aliphatic carbocycles. The molecular weight excluding hydrogens is 364 g/mol. The van der Waals surface area contributed by atoms with Gasteiger partial charge in [-0.1, -0.05) is 0 Å². The number of nitro benzene ring substituents is 1. The van der Waals surface area contributed by atoms with E-state index in [9.17, 15) is 19.7 Å². The van der Waals surface area contributed by atoms with Crippen molar-refractivity contribution in [3.05, 3.63) is 27.9 Å². The first-order valence-corrected chi connectivity index (χ1v) is 7.64. The third kappa shape index (κ3) is 4.11. The normalized spacial score (nSPS) is 11.5. The lowest BCUT2D eigenvalue weighted by Crippen LogP contribution is -2.23. The maximum atomic E-state index is 12.1. The topological polar surface area (TPSA) is 167 Å². The van der Waals surface area contributed by atoms with Crippen molar-refractivity contribution in [1.82, 2.24) is 15.4 Å². The molecule has 2 aromatic rings. The summed E-state index contributed by atoms with van der Waals surface area (Å²) in [5, 5.41) is 30.1. The van der Waals surface area contributed by atoms with Gasteiger partial charge < -0.3 is 19.3 Å². The molecule has 1 aromatic heterocycles. The highest BCUT2D eigenvalue weighted by atomic mass is 16.6. The van der Waals surface area contributed by atoms with E-state index in [0.717, 1.165) is 12.1 Å². The van der Waals surface area contributed by atoms with E-state index in [1.807, 2.05) is 0 Å². The van der Waals surface area contributed by atoms with Crippen LogP contribution in [0, 0.1) is 10.1 Å². The van der Waals surface area contributed by atoms with Gasteiger partial charge in [-0.15, -0.1) is 5.10 Å². The van der Waals surface area contributed by atoms with Crippen LogP contribution in [-0.2, 0) is 9.53 Å². The molecule has 0 radical (unpaired) electrons. The van der Waals surface area contributed by atoms with Crippen molar-refractivity contribution in [3.8, 4) is 22.8 Å². The van der Waals surface area contributed by atoms with Gasteiger partial charge in [-0.2, -0.15) is 10.3 Å². The predicted molar refractivity (Wildman–Crippen MR) is 88.7 cm³/mol. The van der Waals surface area contributed by atoms with Crippen LogP contribution in [-0.4, -0.2) is 57.2 Å². The number of nitro groups is 1. The SMILES string of the molecule is CCOC(=O)c1n[nH]nc1-c1cc([N+](=O)[O-])cc(OC)c1OC(C)C(=O)O. The van der Waals surface area contributed by atoms with E-state index >= 15 is 0 Å². The number of rotatable bonds is 8. The number of aromatic nitrogens is 3. The zero-order chi connectivity index (χ0) is 20.1. The monoisotopic (exact) mass is 380 g/mol. The zero-order valence-electron chi connectivity index (χ0n) is 14.6.